The lowest BCUT2D eigenvalue weighted by Crippen LogP contribution is -2.40. The molecule has 0 heterocycles. The van der Waals surface area contributed by atoms with Gasteiger partial charge in [-0.3, -0.25) is 4.79 Å². The molecule has 0 bridgehead atoms. The average Bonchev–Trinajstić information content (AvgIpc) is 2.54. The van der Waals surface area contributed by atoms with E-state index in [0.717, 1.165) is 19.3 Å². The minimum atomic E-state index is -0.126. The Hall–Kier alpha value is -0.790. The Balaban J connectivity index is 2.16. The normalized spacial score (nSPS) is 37.8. The molecule has 2 nitrogen and oxygen atoms in total. The minimum Gasteiger partial charge on any atom is -0.462 e. The first-order valence-electron chi connectivity index (χ1n) is 6.44. The van der Waals surface area contributed by atoms with Crippen molar-refractivity contribution in [3.63, 3.8) is 0 Å². The number of carbonyl (C=O) groups is 1. The Morgan fingerprint density at radius 1 is 1.62 bits per heavy atom. The first-order chi connectivity index (χ1) is 7.58. The third-order valence-corrected chi connectivity index (χ3v) is 4.50. The molecule has 0 amide bonds. The first-order valence-corrected chi connectivity index (χ1v) is 6.44. The first kappa shape index (κ1) is 11.7. The molecule has 2 rings (SSSR count). The zero-order valence-electron chi connectivity index (χ0n) is 10.6. The Morgan fingerprint density at radius 3 is 3.00 bits per heavy atom. The smallest absolute Gasteiger partial charge is 0.302 e. The highest BCUT2D eigenvalue weighted by Crippen LogP contribution is 2.54. The maximum atomic E-state index is 11.1. The van der Waals surface area contributed by atoms with Gasteiger partial charge < -0.3 is 4.74 Å². The number of allylic oxidation sites excluding steroid dienone is 2. The van der Waals surface area contributed by atoms with Crippen LogP contribution in [0.2, 0.25) is 0 Å². The summed E-state index contributed by atoms with van der Waals surface area (Å²) in [5, 5.41) is 0. The molecule has 0 N–H and O–H groups in total. The van der Waals surface area contributed by atoms with E-state index in [9.17, 15) is 4.79 Å². The van der Waals surface area contributed by atoms with Crippen molar-refractivity contribution in [2.75, 3.05) is 0 Å². The van der Waals surface area contributed by atoms with E-state index in [1.807, 2.05) is 0 Å². The molecular weight excluding hydrogens is 200 g/mol. The summed E-state index contributed by atoms with van der Waals surface area (Å²) in [5.41, 5.74) is 1.88. The third kappa shape index (κ3) is 1.79. The molecule has 90 valence electrons. The fraction of sp³-hybridized carbons (Fsp3) is 0.786. The summed E-state index contributed by atoms with van der Waals surface area (Å²) in [5.74, 6) is 0.402. The highest BCUT2D eigenvalue weighted by Gasteiger charge is 2.47. The summed E-state index contributed by atoms with van der Waals surface area (Å²) >= 11 is 0. The summed E-state index contributed by atoms with van der Waals surface area (Å²) in [6, 6.07) is 0. The number of fused-ring (bicyclic) bond motifs is 1. The van der Waals surface area contributed by atoms with E-state index < -0.39 is 0 Å². The van der Waals surface area contributed by atoms with Gasteiger partial charge >= 0.3 is 5.97 Å². The van der Waals surface area contributed by atoms with E-state index in [4.69, 9.17) is 4.74 Å². The van der Waals surface area contributed by atoms with Crippen LogP contribution in [0.1, 0.15) is 52.9 Å². The topological polar surface area (TPSA) is 26.3 Å². The van der Waals surface area contributed by atoms with Crippen LogP contribution in [0.5, 0.6) is 0 Å². The van der Waals surface area contributed by atoms with Gasteiger partial charge in [-0.05, 0) is 37.5 Å². The summed E-state index contributed by atoms with van der Waals surface area (Å²) in [6.07, 6.45) is 8.25. The van der Waals surface area contributed by atoms with Gasteiger partial charge in [0.1, 0.15) is 6.10 Å². The molecule has 2 aliphatic rings. The largest absolute Gasteiger partial charge is 0.462 e. The van der Waals surface area contributed by atoms with E-state index in [2.05, 4.69) is 19.9 Å². The predicted molar refractivity (Wildman–Crippen MR) is 64.0 cm³/mol. The van der Waals surface area contributed by atoms with Crippen molar-refractivity contribution in [2.45, 2.75) is 59.0 Å². The lowest BCUT2D eigenvalue weighted by Gasteiger charge is -2.43. The molecule has 3 atom stereocenters. The van der Waals surface area contributed by atoms with Crippen molar-refractivity contribution in [2.24, 2.45) is 11.3 Å². The molecule has 2 heteroatoms. The SMILES string of the molecule is CCC1=CCC2[C@@H](OC(C)=O)CCC[C@]12C. The number of carbonyl (C=O) groups excluding carboxylic acids is 1. The number of hydrogen-bond donors (Lipinski definition) is 0. The van der Waals surface area contributed by atoms with Crippen LogP contribution in [0.25, 0.3) is 0 Å². The summed E-state index contributed by atoms with van der Waals surface area (Å²) in [4.78, 5) is 11.1. The molecule has 1 unspecified atom stereocenters. The maximum Gasteiger partial charge on any atom is 0.302 e. The Morgan fingerprint density at radius 2 is 2.38 bits per heavy atom. The van der Waals surface area contributed by atoms with Gasteiger partial charge in [-0.1, -0.05) is 25.5 Å². The van der Waals surface area contributed by atoms with Crippen LogP contribution in [-0.4, -0.2) is 12.1 Å². The molecule has 0 radical (unpaired) electrons. The lowest BCUT2D eigenvalue weighted by molar-refractivity contribution is -0.153. The quantitative estimate of drug-likeness (QED) is 0.528. The van der Waals surface area contributed by atoms with Gasteiger partial charge in [0.2, 0.25) is 0 Å². The summed E-state index contributed by atoms with van der Waals surface area (Å²) in [6.45, 7) is 6.11. The van der Waals surface area contributed by atoms with Crippen molar-refractivity contribution >= 4 is 5.97 Å². The third-order valence-electron chi connectivity index (χ3n) is 4.50. The van der Waals surface area contributed by atoms with Gasteiger partial charge in [0.25, 0.3) is 0 Å². The van der Waals surface area contributed by atoms with Crippen LogP contribution in [-0.2, 0) is 9.53 Å². The average molecular weight is 222 g/mol. The molecule has 1 fully saturated rings. The fourth-order valence-electron chi connectivity index (χ4n) is 3.68. The van der Waals surface area contributed by atoms with Crippen LogP contribution >= 0.6 is 0 Å². The fourth-order valence-corrected chi connectivity index (χ4v) is 3.68. The Labute approximate surface area is 98.1 Å². The van der Waals surface area contributed by atoms with Crippen LogP contribution in [0.15, 0.2) is 11.6 Å². The van der Waals surface area contributed by atoms with Crippen LogP contribution in [0.3, 0.4) is 0 Å². The van der Waals surface area contributed by atoms with Crippen molar-refractivity contribution in [3.8, 4) is 0 Å². The summed E-state index contributed by atoms with van der Waals surface area (Å²) < 4.78 is 5.49. The van der Waals surface area contributed by atoms with Gasteiger partial charge in [0.05, 0.1) is 0 Å². The monoisotopic (exact) mass is 222 g/mol. The highest BCUT2D eigenvalue weighted by molar-refractivity contribution is 5.66. The van der Waals surface area contributed by atoms with Crippen molar-refractivity contribution in [1.29, 1.82) is 0 Å². The molecule has 0 spiro atoms. The van der Waals surface area contributed by atoms with Crippen molar-refractivity contribution < 1.29 is 9.53 Å². The number of ether oxygens (including phenoxy) is 1. The number of esters is 1. The van der Waals surface area contributed by atoms with Gasteiger partial charge in [-0.2, -0.15) is 0 Å². The van der Waals surface area contributed by atoms with Gasteiger partial charge in [-0.25, -0.2) is 0 Å². The zero-order valence-corrected chi connectivity index (χ0v) is 10.6. The highest BCUT2D eigenvalue weighted by atomic mass is 16.5. The van der Waals surface area contributed by atoms with Gasteiger partial charge in [-0.15, -0.1) is 0 Å². The van der Waals surface area contributed by atoms with E-state index in [-0.39, 0.29) is 12.1 Å². The number of rotatable bonds is 2. The van der Waals surface area contributed by atoms with E-state index in [1.54, 1.807) is 5.57 Å². The maximum absolute atomic E-state index is 11.1. The second-order valence-corrected chi connectivity index (χ2v) is 5.38. The molecule has 0 aromatic carbocycles. The molecule has 0 aliphatic heterocycles. The van der Waals surface area contributed by atoms with Crippen LogP contribution < -0.4 is 0 Å². The summed E-state index contributed by atoms with van der Waals surface area (Å²) in [7, 11) is 0. The molecule has 16 heavy (non-hydrogen) atoms. The molecule has 1 saturated carbocycles. The van der Waals surface area contributed by atoms with Gasteiger partial charge in [0.15, 0.2) is 0 Å². The van der Waals surface area contributed by atoms with E-state index in [1.165, 1.54) is 19.8 Å². The Bertz CT molecular complexity index is 319. The van der Waals surface area contributed by atoms with Crippen LogP contribution in [0, 0.1) is 11.3 Å². The van der Waals surface area contributed by atoms with Gasteiger partial charge in [0, 0.05) is 12.8 Å². The van der Waals surface area contributed by atoms with E-state index in [0.29, 0.717) is 11.3 Å². The van der Waals surface area contributed by atoms with Crippen LogP contribution in [0.4, 0.5) is 0 Å². The molecular formula is C14H22O2. The standard InChI is InChI=1S/C14H22O2/c1-4-11-7-8-12-13(16-10(2)15)6-5-9-14(11,12)3/h7,12-13H,4-6,8-9H2,1-3H3/t12?,13-,14+/m0/s1. The molecule has 0 saturated heterocycles. The second-order valence-electron chi connectivity index (χ2n) is 5.38. The molecule has 0 aromatic rings. The predicted octanol–water partition coefficient (Wildman–Crippen LogP) is 3.46. The van der Waals surface area contributed by atoms with Crippen molar-refractivity contribution in [1.82, 2.24) is 0 Å². The van der Waals surface area contributed by atoms with Crippen molar-refractivity contribution in [3.05, 3.63) is 11.6 Å². The number of hydrogen-bond acceptors (Lipinski definition) is 2. The van der Waals surface area contributed by atoms with E-state index >= 15 is 0 Å². The Kier molecular flexibility index (Phi) is 3.09. The second kappa shape index (κ2) is 4.23. The minimum absolute atomic E-state index is 0.126. The molecule has 2 aliphatic carbocycles. The lowest BCUT2D eigenvalue weighted by atomic mass is 9.65. The molecule has 0 aromatic heterocycles. The zero-order chi connectivity index (χ0) is 11.8.